The Kier molecular flexibility index (Phi) is 3.46. The number of benzene rings is 1. The van der Waals surface area contributed by atoms with E-state index in [0.717, 1.165) is 11.3 Å². The second kappa shape index (κ2) is 4.91. The van der Waals surface area contributed by atoms with E-state index in [1.165, 1.54) is 0 Å². The van der Waals surface area contributed by atoms with Gasteiger partial charge in [-0.1, -0.05) is 26.0 Å². The van der Waals surface area contributed by atoms with Crippen molar-refractivity contribution < 1.29 is 14.7 Å². The van der Waals surface area contributed by atoms with Crippen molar-refractivity contribution in [2.75, 3.05) is 11.6 Å². The van der Waals surface area contributed by atoms with Crippen LogP contribution in [0.25, 0.3) is 0 Å². The summed E-state index contributed by atoms with van der Waals surface area (Å²) in [5, 5.41) is 10.7. The van der Waals surface area contributed by atoms with Crippen LogP contribution in [-0.4, -0.2) is 23.5 Å². The molecule has 0 spiro atoms. The molecule has 1 aliphatic rings. The van der Waals surface area contributed by atoms with Crippen molar-refractivity contribution >= 4 is 17.6 Å². The molecule has 102 valence electrons. The smallest absolute Gasteiger partial charge is 0.304 e. The van der Waals surface area contributed by atoms with Gasteiger partial charge in [0.15, 0.2) is 0 Å². The van der Waals surface area contributed by atoms with Crippen molar-refractivity contribution in [1.82, 2.24) is 5.43 Å². The Labute approximate surface area is 112 Å². The highest BCUT2D eigenvalue weighted by Crippen LogP contribution is 2.28. The zero-order valence-electron chi connectivity index (χ0n) is 11.1. The predicted molar refractivity (Wildman–Crippen MR) is 71.8 cm³/mol. The molecule has 1 aliphatic heterocycles. The number of nitrogens with zero attached hydrogens (tertiary/aromatic N) is 1. The van der Waals surface area contributed by atoms with Crippen LogP contribution < -0.4 is 10.4 Å². The van der Waals surface area contributed by atoms with Crippen molar-refractivity contribution in [2.45, 2.75) is 32.1 Å². The van der Waals surface area contributed by atoms with E-state index < -0.39 is 11.4 Å². The summed E-state index contributed by atoms with van der Waals surface area (Å²) < 4.78 is 0. The van der Waals surface area contributed by atoms with E-state index in [2.05, 4.69) is 5.43 Å². The molecular formula is C14H18N2O3. The number of rotatable bonds is 4. The molecule has 1 saturated heterocycles. The predicted octanol–water partition coefficient (Wildman–Crippen LogP) is 1.68. The minimum atomic E-state index is -0.805. The van der Waals surface area contributed by atoms with E-state index in [9.17, 15) is 9.59 Å². The summed E-state index contributed by atoms with van der Waals surface area (Å²) >= 11 is 0. The van der Waals surface area contributed by atoms with Gasteiger partial charge in [-0.05, 0) is 17.7 Å². The molecule has 2 N–H and O–H groups in total. The first-order valence-electron chi connectivity index (χ1n) is 6.28. The molecule has 0 unspecified atom stereocenters. The van der Waals surface area contributed by atoms with Crippen molar-refractivity contribution in [3.05, 3.63) is 29.8 Å². The van der Waals surface area contributed by atoms with Gasteiger partial charge in [-0.2, -0.15) is 0 Å². The van der Waals surface area contributed by atoms with Crippen LogP contribution in [0.5, 0.6) is 0 Å². The fourth-order valence-electron chi connectivity index (χ4n) is 2.24. The molecule has 5 nitrogen and oxygen atoms in total. The van der Waals surface area contributed by atoms with Crippen LogP contribution in [0.15, 0.2) is 24.3 Å². The highest BCUT2D eigenvalue weighted by Gasteiger charge is 2.25. The van der Waals surface area contributed by atoms with Crippen LogP contribution in [-0.2, 0) is 15.0 Å². The van der Waals surface area contributed by atoms with Gasteiger partial charge < -0.3 is 5.11 Å². The first-order valence-corrected chi connectivity index (χ1v) is 6.28. The fourth-order valence-corrected chi connectivity index (χ4v) is 2.24. The van der Waals surface area contributed by atoms with Gasteiger partial charge in [-0.15, -0.1) is 0 Å². The molecule has 5 heteroatoms. The molecule has 0 atom stereocenters. The molecule has 1 aromatic carbocycles. The summed E-state index contributed by atoms with van der Waals surface area (Å²) in [6.07, 6.45) is 0.596. The molecule has 1 fully saturated rings. The number of carboxylic acid groups (broad SMARTS) is 1. The minimum absolute atomic E-state index is 0.0234. The highest BCUT2D eigenvalue weighted by molar-refractivity contribution is 5.81. The number of hydrogen-bond acceptors (Lipinski definition) is 3. The molecule has 0 aromatic heterocycles. The number of anilines is 1. The van der Waals surface area contributed by atoms with Crippen molar-refractivity contribution in [3.8, 4) is 0 Å². The minimum Gasteiger partial charge on any atom is -0.481 e. The zero-order valence-corrected chi connectivity index (χ0v) is 11.1. The van der Waals surface area contributed by atoms with E-state index in [-0.39, 0.29) is 12.3 Å². The topological polar surface area (TPSA) is 69.6 Å². The summed E-state index contributed by atoms with van der Waals surface area (Å²) in [5.41, 5.74) is 4.25. The molecule has 1 aromatic rings. The number of hydrazine groups is 1. The Morgan fingerprint density at radius 3 is 2.47 bits per heavy atom. The molecule has 19 heavy (non-hydrogen) atoms. The third-order valence-electron chi connectivity index (χ3n) is 3.38. The highest BCUT2D eigenvalue weighted by atomic mass is 16.4. The zero-order chi connectivity index (χ0) is 14.0. The van der Waals surface area contributed by atoms with Gasteiger partial charge in [-0.25, -0.2) is 0 Å². The van der Waals surface area contributed by atoms with Crippen LogP contribution in [0, 0.1) is 0 Å². The lowest BCUT2D eigenvalue weighted by atomic mass is 9.81. The van der Waals surface area contributed by atoms with Gasteiger partial charge in [0.2, 0.25) is 5.91 Å². The molecule has 0 bridgehead atoms. The largest absolute Gasteiger partial charge is 0.481 e. The van der Waals surface area contributed by atoms with Gasteiger partial charge in [0.1, 0.15) is 0 Å². The summed E-state index contributed by atoms with van der Waals surface area (Å²) in [7, 11) is 0. The second-order valence-corrected chi connectivity index (χ2v) is 5.44. The Bertz CT molecular complexity index is 494. The van der Waals surface area contributed by atoms with Crippen LogP contribution in [0.2, 0.25) is 0 Å². The van der Waals surface area contributed by atoms with Crippen molar-refractivity contribution in [3.63, 3.8) is 0 Å². The SMILES string of the molecule is CC(C)(CC(=O)O)c1ccc(N2CCC(=O)N2)cc1. The number of amides is 1. The van der Waals surface area contributed by atoms with Crippen molar-refractivity contribution in [1.29, 1.82) is 0 Å². The second-order valence-electron chi connectivity index (χ2n) is 5.44. The fraction of sp³-hybridized carbons (Fsp3) is 0.429. The lowest BCUT2D eigenvalue weighted by Gasteiger charge is -2.24. The van der Waals surface area contributed by atoms with Crippen LogP contribution in [0.3, 0.4) is 0 Å². The van der Waals surface area contributed by atoms with E-state index >= 15 is 0 Å². The van der Waals surface area contributed by atoms with Crippen LogP contribution in [0.4, 0.5) is 5.69 Å². The van der Waals surface area contributed by atoms with Crippen LogP contribution in [0.1, 0.15) is 32.3 Å². The lowest BCUT2D eigenvalue weighted by molar-refractivity contribution is -0.138. The van der Waals surface area contributed by atoms with E-state index in [1.54, 1.807) is 5.01 Å². The number of carbonyl (C=O) groups excluding carboxylic acids is 1. The molecule has 1 amide bonds. The van der Waals surface area contributed by atoms with E-state index in [1.807, 2.05) is 38.1 Å². The third-order valence-corrected chi connectivity index (χ3v) is 3.38. The lowest BCUT2D eigenvalue weighted by Crippen LogP contribution is -2.33. The Hall–Kier alpha value is -2.04. The molecule has 0 aliphatic carbocycles. The van der Waals surface area contributed by atoms with Crippen molar-refractivity contribution in [2.24, 2.45) is 0 Å². The van der Waals surface area contributed by atoms with E-state index in [4.69, 9.17) is 5.11 Å². The Morgan fingerprint density at radius 2 is 2.00 bits per heavy atom. The van der Waals surface area contributed by atoms with Gasteiger partial charge >= 0.3 is 5.97 Å². The number of carboxylic acids is 1. The first kappa shape index (κ1) is 13.4. The molecule has 0 radical (unpaired) electrons. The molecule has 2 rings (SSSR count). The van der Waals surface area contributed by atoms with Crippen LogP contribution >= 0.6 is 0 Å². The third kappa shape index (κ3) is 3.05. The molecule has 0 saturated carbocycles. The maximum absolute atomic E-state index is 11.2. The summed E-state index contributed by atoms with van der Waals surface area (Å²) in [5.74, 6) is -0.781. The maximum Gasteiger partial charge on any atom is 0.304 e. The number of carbonyl (C=O) groups is 2. The number of aliphatic carboxylic acids is 1. The summed E-state index contributed by atoms with van der Waals surface area (Å²) in [4.78, 5) is 22.0. The number of hydrogen-bond donors (Lipinski definition) is 2. The van der Waals surface area contributed by atoms with E-state index in [0.29, 0.717) is 13.0 Å². The average Bonchev–Trinajstić information content (AvgIpc) is 2.74. The summed E-state index contributed by atoms with van der Waals surface area (Å²) in [6.45, 7) is 4.48. The Balaban J connectivity index is 2.14. The quantitative estimate of drug-likeness (QED) is 0.866. The van der Waals surface area contributed by atoms with Gasteiger partial charge in [0, 0.05) is 18.4 Å². The Morgan fingerprint density at radius 1 is 1.37 bits per heavy atom. The monoisotopic (exact) mass is 262 g/mol. The summed E-state index contributed by atoms with van der Waals surface area (Å²) in [6, 6.07) is 7.65. The van der Waals surface area contributed by atoms with Gasteiger partial charge in [0.05, 0.1) is 12.1 Å². The molecular weight excluding hydrogens is 244 g/mol. The molecule has 1 heterocycles. The van der Waals surface area contributed by atoms with Gasteiger partial charge in [-0.3, -0.25) is 20.0 Å². The van der Waals surface area contributed by atoms with Gasteiger partial charge in [0.25, 0.3) is 0 Å². The maximum atomic E-state index is 11.2. The number of nitrogens with one attached hydrogen (secondary N) is 1. The standard InChI is InChI=1S/C14H18N2O3/c1-14(2,9-13(18)19)10-3-5-11(6-4-10)16-8-7-12(17)15-16/h3-6H,7-9H2,1-2H3,(H,15,17)(H,18,19). The first-order chi connectivity index (χ1) is 8.88. The normalized spacial score (nSPS) is 15.5. The average molecular weight is 262 g/mol.